The van der Waals surface area contributed by atoms with Crippen molar-refractivity contribution in [3.8, 4) is 0 Å². The van der Waals surface area contributed by atoms with Crippen molar-refractivity contribution in [2.24, 2.45) is 0 Å². The fraction of sp³-hybridized carbons (Fsp3) is 0.115. The van der Waals surface area contributed by atoms with Gasteiger partial charge < -0.3 is 0 Å². The Morgan fingerprint density at radius 1 is 0.972 bits per heavy atom. The minimum atomic E-state index is -0.580. The number of aromatic nitrogens is 3. The quantitative estimate of drug-likeness (QED) is 0.232. The molecule has 3 heterocycles. The summed E-state index contributed by atoms with van der Waals surface area (Å²) in [6.07, 6.45) is 1.53. The Hall–Kier alpha value is -3.89. The average molecular weight is 562 g/mol. The number of anilines is 1. The van der Waals surface area contributed by atoms with Gasteiger partial charge in [-0.3, -0.25) is 29.3 Å². The van der Waals surface area contributed by atoms with Gasteiger partial charge in [0.05, 0.1) is 16.6 Å². The molecular formula is C26H20BrN5O3S. The van der Waals surface area contributed by atoms with Gasteiger partial charge in [-0.2, -0.15) is 4.68 Å². The first-order chi connectivity index (χ1) is 17.2. The van der Waals surface area contributed by atoms with Gasteiger partial charge in [-0.05, 0) is 87.1 Å². The number of thiocarbonyl (C=S) groups is 1. The SMILES string of the molecule is Cc1cc(C=C2C(=O)NC(=S)N(c3ccc(Br)cc3)C2=O)c(C)n1-n1c(C)nc2ccccc2c1=O. The molecule has 0 radical (unpaired) electrons. The van der Waals surface area contributed by atoms with E-state index >= 15 is 0 Å². The Balaban J connectivity index is 1.62. The van der Waals surface area contributed by atoms with Gasteiger partial charge in [0, 0.05) is 15.9 Å². The van der Waals surface area contributed by atoms with Crippen LogP contribution in [-0.4, -0.2) is 31.3 Å². The van der Waals surface area contributed by atoms with Crippen LogP contribution in [-0.2, 0) is 9.59 Å². The molecule has 2 aromatic carbocycles. The van der Waals surface area contributed by atoms with Gasteiger partial charge in [-0.15, -0.1) is 0 Å². The number of fused-ring (bicyclic) bond motifs is 1. The van der Waals surface area contributed by atoms with E-state index in [0.29, 0.717) is 33.7 Å². The lowest BCUT2D eigenvalue weighted by atomic mass is 10.1. The van der Waals surface area contributed by atoms with E-state index in [1.807, 2.05) is 26.0 Å². The molecule has 180 valence electrons. The number of amides is 2. The summed E-state index contributed by atoms with van der Waals surface area (Å²) >= 11 is 8.66. The van der Waals surface area contributed by atoms with E-state index in [1.165, 1.54) is 15.7 Å². The molecule has 36 heavy (non-hydrogen) atoms. The summed E-state index contributed by atoms with van der Waals surface area (Å²) < 4.78 is 4.09. The zero-order valence-corrected chi connectivity index (χ0v) is 22.0. The largest absolute Gasteiger partial charge is 0.298 e. The standard InChI is InChI=1S/C26H20BrN5O3S/c1-14-12-17(15(2)31(14)32-16(3)28-22-7-5-4-6-20(22)25(32)35)13-21-23(33)29-26(36)30(24(21)34)19-10-8-18(27)9-11-19/h4-13H,1-3H3,(H,29,33,36). The fourth-order valence-electron chi connectivity index (χ4n) is 4.34. The smallest absolute Gasteiger partial charge is 0.280 e. The number of hydrogen-bond acceptors (Lipinski definition) is 5. The van der Waals surface area contributed by atoms with E-state index in [0.717, 1.165) is 10.2 Å². The molecule has 1 aliphatic rings. The number of benzene rings is 2. The van der Waals surface area contributed by atoms with Crippen molar-refractivity contribution >= 4 is 67.7 Å². The third-order valence-electron chi connectivity index (χ3n) is 6.04. The zero-order chi connectivity index (χ0) is 25.7. The van der Waals surface area contributed by atoms with Gasteiger partial charge in [-0.25, -0.2) is 4.98 Å². The van der Waals surface area contributed by atoms with Crippen LogP contribution in [0.4, 0.5) is 5.69 Å². The molecule has 0 unspecified atom stereocenters. The van der Waals surface area contributed by atoms with Crippen molar-refractivity contribution in [2.75, 3.05) is 4.90 Å². The highest BCUT2D eigenvalue weighted by molar-refractivity contribution is 9.10. The van der Waals surface area contributed by atoms with Crippen LogP contribution < -0.4 is 15.8 Å². The molecule has 0 aliphatic carbocycles. The van der Waals surface area contributed by atoms with Gasteiger partial charge in [0.25, 0.3) is 17.4 Å². The van der Waals surface area contributed by atoms with Crippen molar-refractivity contribution < 1.29 is 9.59 Å². The Labute approximate surface area is 220 Å². The number of carbonyl (C=O) groups is 2. The van der Waals surface area contributed by atoms with Crippen molar-refractivity contribution in [1.29, 1.82) is 0 Å². The Bertz CT molecular complexity index is 1680. The molecule has 0 bridgehead atoms. The van der Waals surface area contributed by atoms with Gasteiger partial charge in [0.1, 0.15) is 11.4 Å². The molecule has 8 nitrogen and oxygen atoms in total. The zero-order valence-electron chi connectivity index (χ0n) is 19.6. The number of nitrogens with zero attached hydrogens (tertiary/aromatic N) is 4. The molecule has 2 amide bonds. The lowest BCUT2D eigenvalue weighted by Crippen LogP contribution is -2.54. The Morgan fingerprint density at radius 3 is 2.39 bits per heavy atom. The Kier molecular flexibility index (Phi) is 5.93. The third-order valence-corrected chi connectivity index (χ3v) is 6.85. The first-order valence-electron chi connectivity index (χ1n) is 11.0. The maximum absolute atomic E-state index is 13.4. The van der Waals surface area contributed by atoms with Crippen molar-refractivity contribution in [1.82, 2.24) is 19.7 Å². The summed E-state index contributed by atoms with van der Waals surface area (Å²) in [5.41, 5.74) is 2.92. The van der Waals surface area contributed by atoms with Gasteiger partial charge in [0.2, 0.25) is 0 Å². The predicted octanol–water partition coefficient (Wildman–Crippen LogP) is 4.03. The van der Waals surface area contributed by atoms with E-state index < -0.39 is 11.8 Å². The number of rotatable bonds is 3. The van der Waals surface area contributed by atoms with E-state index in [2.05, 4.69) is 26.2 Å². The highest BCUT2D eigenvalue weighted by Gasteiger charge is 2.34. The second-order valence-electron chi connectivity index (χ2n) is 8.37. The molecule has 5 rings (SSSR count). The summed E-state index contributed by atoms with van der Waals surface area (Å²) in [5.74, 6) is -0.599. The second-order valence-corrected chi connectivity index (χ2v) is 9.67. The number of halogens is 1. The van der Waals surface area contributed by atoms with E-state index in [1.54, 1.807) is 54.1 Å². The van der Waals surface area contributed by atoms with E-state index in [9.17, 15) is 14.4 Å². The molecule has 0 spiro atoms. The summed E-state index contributed by atoms with van der Waals surface area (Å²) in [7, 11) is 0. The molecule has 0 atom stereocenters. The highest BCUT2D eigenvalue weighted by atomic mass is 79.9. The van der Waals surface area contributed by atoms with Crippen LogP contribution in [0.25, 0.3) is 17.0 Å². The molecule has 0 saturated carbocycles. The molecule has 2 aromatic heterocycles. The molecule has 10 heteroatoms. The summed E-state index contributed by atoms with van der Waals surface area (Å²) in [5, 5.41) is 3.11. The van der Waals surface area contributed by atoms with Crippen LogP contribution in [0.1, 0.15) is 22.8 Å². The summed E-state index contributed by atoms with van der Waals surface area (Å²) in [4.78, 5) is 45.4. The molecule has 4 aromatic rings. The second kappa shape index (κ2) is 8.96. The van der Waals surface area contributed by atoms with Gasteiger partial charge in [-0.1, -0.05) is 28.1 Å². The van der Waals surface area contributed by atoms with Crippen LogP contribution >= 0.6 is 28.1 Å². The monoisotopic (exact) mass is 561 g/mol. The minimum Gasteiger partial charge on any atom is -0.298 e. The topological polar surface area (TPSA) is 89.2 Å². The highest BCUT2D eigenvalue weighted by Crippen LogP contribution is 2.25. The number of hydrogen-bond donors (Lipinski definition) is 1. The maximum Gasteiger partial charge on any atom is 0.280 e. The number of aryl methyl sites for hydroxylation is 2. The lowest BCUT2D eigenvalue weighted by molar-refractivity contribution is -0.122. The fourth-order valence-corrected chi connectivity index (χ4v) is 4.88. The molecule has 1 saturated heterocycles. The van der Waals surface area contributed by atoms with E-state index in [4.69, 9.17) is 12.2 Å². The van der Waals surface area contributed by atoms with Crippen LogP contribution in [0.2, 0.25) is 0 Å². The van der Waals surface area contributed by atoms with Crippen LogP contribution in [0, 0.1) is 20.8 Å². The first kappa shape index (κ1) is 23.8. The van der Waals surface area contributed by atoms with Crippen LogP contribution in [0.3, 0.4) is 0 Å². The lowest BCUT2D eigenvalue weighted by Gasteiger charge is -2.29. The van der Waals surface area contributed by atoms with Gasteiger partial charge in [0.15, 0.2) is 5.11 Å². The van der Waals surface area contributed by atoms with Crippen molar-refractivity contribution in [2.45, 2.75) is 20.8 Å². The van der Waals surface area contributed by atoms with Crippen molar-refractivity contribution in [3.63, 3.8) is 0 Å². The number of carbonyl (C=O) groups excluding carboxylic acids is 2. The average Bonchev–Trinajstić information content (AvgIpc) is 3.10. The molecular weight excluding hydrogens is 542 g/mol. The number of para-hydroxylation sites is 1. The Morgan fingerprint density at radius 2 is 1.67 bits per heavy atom. The number of nitrogens with one attached hydrogen (secondary N) is 1. The predicted molar refractivity (Wildman–Crippen MR) is 146 cm³/mol. The maximum atomic E-state index is 13.4. The van der Waals surface area contributed by atoms with Crippen molar-refractivity contribution in [3.05, 3.63) is 97.8 Å². The normalized spacial score (nSPS) is 15.2. The minimum absolute atomic E-state index is 0.0133. The molecule has 1 N–H and O–H groups in total. The molecule has 1 fully saturated rings. The summed E-state index contributed by atoms with van der Waals surface area (Å²) in [6.45, 7) is 5.44. The van der Waals surface area contributed by atoms with Gasteiger partial charge >= 0.3 is 0 Å². The first-order valence-corrected chi connectivity index (χ1v) is 12.2. The van der Waals surface area contributed by atoms with Crippen LogP contribution in [0.5, 0.6) is 0 Å². The van der Waals surface area contributed by atoms with E-state index in [-0.39, 0.29) is 16.2 Å². The third kappa shape index (κ3) is 3.88. The van der Waals surface area contributed by atoms with Crippen LogP contribution in [0.15, 0.2) is 69.4 Å². The molecule has 1 aliphatic heterocycles. The summed E-state index contributed by atoms with van der Waals surface area (Å²) in [6, 6.07) is 16.0.